The zero-order chi connectivity index (χ0) is 14.7. The third-order valence-electron chi connectivity index (χ3n) is 3.19. The summed E-state index contributed by atoms with van der Waals surface area (Å²) in [5.74, 6) is 1.65. The van der Waals surface area contributed by atoms with Gasteiger partial charge in [0, 0.05) is 27.2 Å². The van der Waals surface area contributed by atoms with Crippen LogP contribution in [0.5, 0.6) is 11.5 Å². The van der Waals surface area contributed by atoms with Crippen LogP contribution in [0.25, 0.3) is 0 Å². The smallest absolute Gasteiger partial charge is 0.162 e. The zero-order valence-corrected chi connectivity index (χ0v) is 13.9. The van der Waals surface area contributed by atoms with Crippen LogP contribution in [-0.4, -0.2) is 13.2 Å². The highest BCUT2D eigenvalue weighted by Crippen LogP contribution is 2.38. The minimum atomic E-state index is 0.520. The number of rotatable bonds is 3. The SMILES string of the molecule is NCc1cc(Br)ccc1Sc1ccc2c(c1)OCCCO2. The maximum absolute atomic E-state index is 5.83. The minimum Gasteiger partial charge on any atom is -0.490 e. The maximum Gasteiger partial charge on any atom is 0.162 e. The summed E-state index contributed by atoms with van der Waals surface area (Å²) in [6.45, 7) is 1.93. The molecule has 0 amide bonds. The van der Waals surface area contributed by atoms with Gasteiger partial charge in [0.25, 0.3) is 0 Å². The van der Waals surface area contributed by atoms with Crippen molar-refractivity contribution in [1.82, 2.24) is 0 Å². The Bertz CT molecular complexity index is 648. The van der Waals surface area contributed by atoms with Gasteiger partial charge in [-0.2, -0.15) is 0 Å². The molecular weight excluding hydrogens is 350 g/mol. The van der Waals surface area contributed by atoms with Gasteiger partial charge in [-0.3, -0.25) is 0 Å². The third kappa shape index (κ3) is 3.54. The molecule has 2 aromatic carbocycles. The molecule has 0 fully saturated rings. The lowest BCUT2D eigenvalue weighted by atomic mass is 10.2. The van der Waals surface area contributed by atoms with E-state index in [1.54, 1.807) is 11.8 Å². The van der Waals surface area contributed by atoms with Gasteiger partial charge in [0.1, 0.15) is 0 Å². The van der Waals surface area contributed by atoms with Gasteiger partial charge in [0.15, 0.2) is 11.5 Å². The number of halogens is 1. The molecule has 2 N–H and O–H groups in total. The molecule has 0 unspecified atom stereocenters. The third-order valence-corrected chi connectivity index (χ3v) is 4.79. The van der Waals surface area contributed by atoms with Gasteiger partial charge in [0.2, 0.25) is 0 Å². The fraction of sp³-hybridized carbons (Fsp3) is 0.250. The Kier molecular flexibility index (Phi) is 4.73. The van der Waals surface area contributed by atoms with E-state index in [0.29, 0.717) is 19.8 Å². The molecule has 5 heteroatoms. The molecule has 0 saturated heterocycles. The van der Waals surface area contributed by atoms with Crippen LogP contribution in [0.4, 0.5) is 0 Å². The summed E-state index contributed by atoms with van der Waals surface area (Å²) in [5.41, 5.74) is 6.95. The van der Waals surface area contributed by atoms with Crippen LogP contribution in [0.2, 0.25) is 0 Å². The second kappa shape index (κ2) is 6.73. The Morgan fingerprint density at radius 1 is 1.05 bits per heavy atom. The minimum absolute atomic E-state index is 0.520. The second-order valence-corrected chi connectivity index (χ2v) is 6.75. The Hall–Kier alpha value is -1.17. The number of nitrogens with two attached hydrogens (primary N) is 1. The van der Waals surface area contributed by atoms with E-state index in [1.807, 2.05) is 18.2 Å². The van der Waals surface area contributed by atoms with Crippen molar-refractivity contribution in [2.24, 2.45) is 5.73 Å². The maximum atomic E-state index is 5.83. The van der Waals surface area contributed by atoms with E-state index in [-0.39, 0.29) is 0 Å². The Labute approximate surface area is 137 Å². The summed E-state index contributed by atoms with van der Waals surface area (Å²) in [7, 11) is 0. The molecule has 1 heterocycles. The second-order valence-electron chi connectivity index (χ2n) is 4.72. The van der Waals surface area contributed by atoms with Gasteiger partial charge in [-0.05, 0) is 42.0 Å². The molecule has 2 aromatic rings. The summed E-state index contributed by atoms with van der Waals surface area (Å²) >= 11 is 5.17. The van der Waals surface area contributed by atoms with Crippen molar-refractivity contribution in [3.63, 3.8) is 0 Å². The first-order valence-electron chi connectivity index (χ1n) is 6.82. The fourth-order valence-electron chi connectivity index (χ4n) is 2.14. The number of benzene rings is 2. The fourth-order valence-corrected chi connectivity index (χ4v) is 3.52. The zero-order valence-electron chi connectivity index (χ0n) is 11.5. The molecule has 0 saturated carbocycles. The van der Waals surface area contributed by atoms with Gasteiger partial charge in [-0.15, -0.1) is 0 Å². The normalized spacial score (nSPS) is 13.8. The van der Waals surface area contributed by atoms with E-state index in [1.165, 1.54) is 0 Å². The molecule has 0 bridgehead atoms. The Morgan fingerprint density at radius 2 is 1.86 bits per heavy atom. The Balaban J connectivity index is 1.87. The van der Waals surface area contributed by atoms with Crippen LogP contribution in [0, 0.1) is 0 Å². The topological polar surface area (TPSA) is 44.5 Å². The largest absolute Gasteiger partial charge is 0.490 e. The first-order valence-corrected chi connectivity index (χ1v) is 8.43. The van der Waals surface area contributed by atoms with Crippen molar-refractivity contribution in [3.05, 3.63) is 46.4 Å². The predicted molar refractivity (Wildman–Crippen MR) is 88.2 cm³/mol. The van der Waals surface area contributed by atoms with Gasteiger partial charge in [-0.1, -0.05) is 27.7 Å². The quantitative estimate of drug-likeness (QED) is 0.884. The summed E-state index contributed by atoms with van der Waals surface area (Å²) in [5, 5.41) is 0. The molecule has 0 spiro atoms. The molecule has 0 atom stereocenters. The first kappa shape index (κ1) is 14.8. The van der Waals surface area contributed by atoms with E-state index >= 15 is 0 Å². The van der Waals surface area contributed by atoms with Gasteiger partial charge < -0.3 is 15.2 Å². The molecule has 3 rings (SSSR count). The number of hydrogen-bond acceptors (Lipinski definition) is 4. The van der Waals surface area contributed by atoms with E-state index in [9.17, 15) is 0 Å². The standard InChI is InChI=1S/C16H16BrNO2S/c17-12-2-5-16(11(8-12)10-18)21-13-3-4-14-15(9-13)20-7-1-6-19-14/h2-5,8-9H,1,6-7,10,18H2. The summed E-state index contributed by atoms with van der Waals surface area (Å²) in [6.07, 6.45) is 0.918. The van der Waals surface area contributed by atoms with Crippen LogP contribution >= 0.6 is 27.7 Å². The highest BCUT2D eigenvalue weighted by molar-refractivity contribution is 9.10. The van der Waals surface area contributed by atoms with Crippen LogP contribution in [-0.2, 0) is 6.54 Å². The van der Waals surface area contributed by atoms with E-state index in [0.717, 1.165) is 37.7 Å². The van der Waals surface area contributed by atoms with Gasteiger partial charge in [-0.25, -0.2) is 0 Å². The highest BCUT2D eigenvalue weighted by atomic mass is 79.9. The van der Waals surface area contributed by atoms with Gasteiger partial charge >= 0.3 is 0 Å². The average molecular weight is 366 g/mol. The molecule has 3 nitrogen and oxygen atoms in total. The molecule has 110 valence electrons. The van der Waals surface area contributed by atoms with E-state index < -0.39 is 0 Å². The van der Waals surface area contributed by atoms with E-state index in [2.05, 4.69) is 34.1 Å². The van der Waals surface area contributed by atoms with Crippen molar-refractivity contribution in [1.29, 1.82) is 0 Å². The highest BCUT2D eigenvalue weighted by Gasteiger charge is 2.12. The number of ether oxygens (including phenoxy) is 2. The molecule has 0 aliphatic carbocycles. The lowest BCUT2D eigenvalue weighted by Gasteiger charge is -2.11. The molecule has 0 aromatic heterocycles. The van der Waals surface area contributed by atoms with Crippen LogP contribution in [0.1, 0.15) is 12.0 Å². The summed E-state index contributed by atoms with van der Waals surface area (Å²) in [4.78, 5) is 2.28. The average Bonchev–Trinajstić information content (AvgIpc) is 2.74. The molecule has 0 radical (unpaired) electrons. The molecule has 21 heavy (non-hydrogen) atoms. The Morgan fingerprint density at radius 3 is 2.67 bits per heavy atom. The lowest BCUT2D eigenvalue weighted by molar-refractivity contribution is 0.297. The molecule has 1 aliphatic rings. The predicted octanol–water partition coefficient (Wildman–Crippen LogP) is 4.22. The lowest BCUT2D eigenvalue weighted by Crippen LogP contribution is -1.98. The number of hydrogen-bond donors (Lipinski definition) is 1. The van der Waals surface area contributed by atoms with Crippen molar-refractivity contribution in [2.75, 3.05) is 13.2 Å². The van der Waals surface area contributed by atoms with Crippen LogP contribution < -0.4 is 15.2 Å². The van der Waals surface area contributed by atoms with Crippen LogP contribution in [0.3, 0.4) is 0 Å². The van der Waals surface area contributed by atoms with Crippen molar-refractivity contribution in [3.8, 4) is 11.5 Å². The summed E-state index contributed by atoms with van der Waals surface area (Å²) < 4.78 is 12.4. The first-order chi connectivity index (χ1) is 10.3. The van der Waals surface area contributed by atoms with E-state index in [4.69, 9.17) is 15.2 Å². The monoisotopic (exact) mass is 365 g/mol. The van der Waals surface area contributed by atoms with Crippen molar-refractivity contribution < 1.29 is 9.47 Å². The van der Waals surface area contributed by atoms with Crippen LogP contribution in [0.15, 0.2) is 50.7 Å². The number of fused-ring (bicyclic) bond motifs is 1. The molecule has 1 aliphatic heterocycles. The summed E-state index contributed by atoms with van der Waals surface area (Å²) in [6, 6.07) is 12.2. The molecular formula is C16H16BrNO2S. The van der Waals surface area contributed by atoms with Gasteiger partial charge in [0.05, 0.1) is 13.2 Å². The van der Waals surface area contributed by atoms with Crippen molar-refractivity contribution >= 4 is 27.7 Å². The van der Waals surface area contributed by atoms with Crippen molar-refractivity contribution in [2.45, 2.75) is 22.8 Å².